The van der Waals surface area contributed by atoms with Gasteiger partial charge in [0.25, 0.3) is 0 Å². The van der Waals surface area contributed by atoms with Crippen LogP contribution in [0.15, 0.2) is 34.9 Å². The third kappa shape index (κ3) is 4.87. The monoisotopic (exact) mass is 441 g/mol. The quantitative estimate of drug-likeness (QED) is 0.705. The molecule has 4 rings (SSSR count). The van der Waals surface area contributed by atoms with Crippen molar-refractivity contribution in [2.45, 2.75) is 63.7 Å². The van der Waals surface area contributed by atoms with Crippen molar-refractivity contribution in [2.75, 3.05) is 20.1 Å². The highest BCUT2D eigenvalue weighted by Crippen LogP contribution is 2.37. The summed E-state index contributed by atoms with van der Waals surface area (Å²) in [6.07, 6.45) is 7.55. The molecule has 2 amide bonds. The fourth-order valence-electron chi connectivity index (χ4n) is 5.20. The van der Waals surface area contributed by atoms with Gasteiger partial charge in [-0.1, -0.05) is 42.6 Å². The molecule has 1 aliphatic heterocycles. The van der Waals surface area contributed by atoms with Crippen molar-refractivity contribution in [3.05, 3.63) is 53.2 Å². The molecule has 0 spiro atoms. The molecule has 7 heteroatoms. The van der Waals surface area contributed by atoms with Crippen LogP contribution in [0.1, 0.15) is 67.9 Å². The third-order valence-corrected chi connectivity index (χ3v) is 7.09. The van der Waals surface area contributed by atoms with Gasteiger partial charge in [0.2, 0.25) is 11.8 Å². The Labute approximate surface area is 188 Å². The summed E-state index contributed by atoms with van der Waals surface area (Å²) in [5, 5.41) is 7.08. The number of aryl methyl sites for hydroxylation is 1. The van der Waals surface area contributed by atoms with Gasteiger partial charge in [0, 0.05) is 45.0 Å². The maximum Gasteiger partial charge on any atom is 0.228 e. The second-order valence-corrected chi connectivity index (χ2v) is 9.25. The number of nitrogens with one attached hydrogen (secondary N) is 1. The number of benzene rings is 1. The summed E-state index contributed by atoms with van der Waals surface area (Å²) < 4.78 is 19.5. The van der Waals surface area contributed by atoms with Crippen LogP contribution in [0.25, 0.3) is 0 Å². The molecule has 6 nitrogen and oxygen atoms in total. The molecule has 0 radical (unpaired) electrons. The van der Waals surface area contributed by atoms with Crippen molar-refractivity contribution in [1.82, 2.24) is 15.4 Å². The number of halogens is 1. The topological polar surface area (TPSA) is 75.4 Å². The van der Waals surface area contributed by atoms with E-state index in [2.05, 4.69) is 10.5 Å². The molecule has 1 unspecified atom stereocenters. The SMILES string of the molecule is CNC(=O)C1(Cc2cc(C3CCCCC3)no2)CCN(C(=O)CCc2ccccc2F)C1. The van der Waals surface area contributed by atoms with E-state index in [1.165, 1.54) is 25.3 Å². The second kappa shape index (κ2) is 9.84. The lowest BCUT2D eigenvalue weighted by molar-refractivity contribution is -0.133. The largest absolute Gasteiger partial charge is 0.361 e. The van der Waals surface area contributed by atoms with E-state index in [1.807, 2.05) is 6.07 Å². The van der Waals surface area contributed by atoms with E-state index >= 15 is 0 Å². The summed E-state index contributed by atoms with van der Waals surface area (Å²) in [5.74, 6) is 0.713. The van der Waals surface area contributed by atoms with Gasteiger partial charge in [0.15, 0.2) is 0 Å². The first kappa shape index (κ1) is 22.5. The smallest absolute Gasteiger partial charge is 0.228 e. The van der Waals surface area contributed by atoms with Crippen molar-refractivity contribution in [1.29, 1.82) is 0 Å². The summed E-state index contributed by atoms with van der Waals surface area (Å²) in [5.41, 5.74) is 0.795. The second-order valence-electron chi connectivity index (χ2n) is 9.25. The molecular weight excluding hydrogens is 409 g/mol. The number of rotatable bonds is 7. The average Bonchev–Trinajstić information content (AvgIpc) is 3.47. The molecule has 1 N–H and O–H groups in total. The third-order valence-electron chi connectivity index (χ3n) is 7.09. The first-order valence-electron chi connectivity index (χ1n) is 11.7. The standard InChI is InChI=1S/C25H32FN3O3/c1-27-24(31)25(16-20-15-22(28-32-20)19-8-3-2-4-9-19)13-14-29(17-25)23(30)12-11-18-7-5-6-10-21(18)26/h5-7,10,15,19H,2-4,8-9,11-14,16-17H2,1H3,(H,27,31). The van der Waals surface area contributed by atoms with Gasteiger partial charge in [-0.2, -0.15) is 0 Å². The molecule has 172 valence electrons. The minimum atomic E-state index is -0.730. The highest BCUT2D eigenvalue weighted by molar-refractivity contribution is 5.85. The average molecular weight is 442 g/mol. The lowest BCUT2D eigenvalue weighted by Gasteiger charge is -2.26. The number of hydrogen-bond acceptors (Lipinski definition) is 4. The van der Waals surface area contributed by atoms with Gasteiger partial charge in [-0.25, -0.2) is 4.39 Å². The molecule has 1 saturated heterocycles. The van der Waals surface area contributed by atoms with E-state index in [-0.39, 0.29) is 24.1 Å². The van der Waals surface area contributed by atoms with Gasteiger partial charge in [0.05, 0.1) is 11.1 Å². The van der Waals surface area contributed by atoms with Crippen molar-refractivity contribution in [3.8, 4) is 0 Å². The molecule has 1 atom stereocenters. The lowest BCUT2D eigenvalue weighted by Crippen LogP contribution is -2.44. The summed E-state index contributed by atoms with van der Waals surface area (Å²) in [6, 6.07) is 8.53. The van der Waals surface area contributed by atoms with Crippen LogP contribution >= 0.6 is 0 Å². The number of carbonyl (C=O) groups is 2. The molecule has 0 bridgehead atoms. The molecule has 2 aliphatic rings. The number of nitrogens with zero attached hydrogens (tertiary/aromatic N) is 2. The van der Waals surface area contributed by atoms with E-state index in [0.717, 1.165) is 18.5 Å². The summed E-state index contributed by atoms with van der Waals surface area (Å²) >= 11 is 0. The van der Waals surface area contributed by atoms with Crippen molar-refractivity contribution < 1.29 is 18.5 Å². The van der Waals surface area contributed by atoms with Crippen molar-refractivity contribution in [2.24, 2.45) is 5.41 Å². The van der Waals surface area contributed by atoms with Gasteiger partial charge >= 0.3 is 0 Å². The zero-order valence-electron chi connectivity index (χ0n) is 18.7. The van der Waals surface area contributed by atoms with Crippen LogP contribution < -0.4 is 5.32 Å². The maximum absolute atomic E-state index is 13.9. The zero-order valence-corrected chi connectivity index (χ0v) is 18.7. The predicted molar refractivity (Wildman–Crippen MR) is 118 cm³/mol. The number of aromatic nitrogens is 1. The van der Waals surface area contributed by atoms with Crippen LogP contribution in [0, 0.1) is 11.2 Å². The van der Waals surface area contributed by atoms with Crippen LogP contribution in [0.5, 0.6) is 0 Å². The fourth-order valence-corrected chi connectivity index (χ4v) is 5.20. The minimum Gasteiger partial charge on any atom is -0.361 e. The van der Waals surface area contributed by atoms with E-state index in [1.54, 1.807) is 30.1 Å². The van der Waals surface area contributed by atoms with Gasteiger partial charge in [-0.05, 0) is 37.3 Å². The Hall–Kier alpha value is -2.70. The van der Waals surface area contributed by atoms with Crippen molar-refractivity contribution in [3.63, 3.8) is 0 Å². The molecule has 1 aromatic carbocycles. The summed E-state index contributed by atoms with van der Waals surface area (Å²) in [6.45, 7) is 0.843. The molecule has 2 fully saturated rings. The Morgan fingerprint density at radius 3 is 2.78 bits per heavy atom. The van der Waals surface area contributed by atoms with Gasteiger partial charge in [-0.15, -0.1) is 0 Å². The molecule has 1 saturated carbocycles. The fraction of sp³-hybridized carbons (Fsp3) is 0.560. The lowest BCUT2D eigenvalue weighted by atomic mass is 9.81. The van der Waals surface area contributed by atoms with Crippen LogP contribution in [0.3, 0.4) is 0 Å². The first-order valence-corrected chi connectivity index (χ1v) is 11.7. The highest BCUT2D eigenvalue weighted by Gasteiger charge is 2.46. The maximum atomic E-state index is 13.9. The predicted octanol–water partition coefficient (Wildman–Crippen LogP) is 4.00. The van der Waals surface area contributed by atoms with Crippen LogP contribution in [0.4, 0.5) is 4.39 Å². The molecule has 32 heavy (non-hydrogen) atoms. The molecule has 2 heterocycles. The van der Waals surface area contributed by atoms with Gasteiger partial charge in [-0.3, -0.25) is 9.59 Å². The van der Waals surface area contributed by atoms with E-state index in [4.69, 9.17) is 4.52 Å². The summed E-state index contributed by atoms with van der Waals surface area (Å²) in [7, 11) is 1.63. The Kier molecular flexibility index (Phi) is 6.92. The first-order chi connectivity index (χ1) is 15.5. The minimum absolute atomic E-state index is 0.0560. The molecular formula is C25H32FN3O3. The van der Waals surface area contributed by atoms with Gasteiger partial charge < -0.3 is 14.7 Å². The number of hydrogen-bond donors (Lipinski definition) is 1. The van der Waals surface area contributed by atoms with E-state index < -0.39 is 5.41 Å². The Morgan fingerprint density at radius 2 is 2.03 bits per heavy atom. The Balaban J connectivity index is 1.41. The number of amides is 2. The van der Waals surface area contributed by atoms with Gasteiger partial charge in [0.1, 0.15) is 11.6 Å². The van der Waals surface area contributed by atoms with E-state index in [0.29, 0.717) is 49.6 Å². The van der Waals surface area contributed by atoms with Crippen LogP contribution in [0.2, 0.25) is 0 Å². The van der Waals surface area contributed by atoms with Crippen LogP contribution in [-0.2, 0) is 22.4 Å². The summed E-state index contributed by atoms with van der Waals surface area (Å²) in [4.78, 5) is 27.4. The molecule has 1 aromatic heterocycles. The number of carbonyl (C=O) groups excluding carboxylic acids is 2. The zero-order chi connectivity index (χ0) is 22.6. The molecule has 2 aromatic rings. The molecule has 1 aliphatic carbocycles. The Bertz CT molecular complexity index is 953. The number of likely N-dealkylation sites (tertiary alicyclic amines) is 1. The van der Waals surface area contributed by atoms with Crippen LogP contribution in [-0.4, -0.2) is 42.0 Å². The normalized spacial score (nSPS) is 21.6. The van der Waals surface area contributed by atoms with Crippen molar-refractivity contribution >= 4 is 11.8 Å². The highest BCUT2D eigenvalue weighted by atomic mass is 19.1. The Morgan fingerprint density at radius 1 is 1.25 bits per heavy atom. The van der Waals surface area contributed by atoms with E-state index in [9.17, 15) is 14.0 Å².